The van der Waals surface area contributed by atoms with Gasteiger partial charge in [0.25, 0.3) is 0 Å². The number of aliphatic carboxylic acids is 1. The summed E-state index contributed by atoms with van der Waals surface area (Å²) in [6.07, 6.45) is 0. The number of thioether (sulfide) groups is 1. The normalized spacial score (nSPS) is 12.1. The molecule has 0 saturated heterocycles. The zero-order valence-corrected chi connectivity index (χ0v) is 10.6. The quantitative estimate of drug-likeness (QED) is 0.723. The third kappa shape index (κ3) is 5.10. The molecule has 0 amide bonds. The Morgan fingerprint density at radius 2 is 2.24 bits per heavy atom. The van der Waals surface area contributed by atoms with E-state index in [0.717, 1.165) is 17.1 Å². The average Bonchev–Trinajstić information content (AvgIpc) is 2.30. The lowest BCUT2D eigenvalue weighted by molar-refractivity contribution is -0.137. The summed E-state index contributed by atoms with van der Waals surface area (Å²) in [4.78, 5) is 10.5. The van der Waals surface area contributed by atoms with Gasteiger partial charge in [0.05, 0.1) is 6.61 Å². The van der Waals surface area contributed by atoms with Crippen LogP contribution in [0.2, 0.25) is 0 Å². The van der Waals surface area contributed by atoms with Crippen molar-refractivity contribution in [1.82, 2.24) is 0 Å². The Labute approximate surface area is 105 Å². The third-order valence-corrected chi connectivity index (χ3v) is 3.24. The number of carboxylic acids is 1. The van der Waals surface area contributed by atoms with E-state index in [1.807, 2.05) is 31.2 Å². The Morgan fingerprint density at radius 1 is 1.53 bits per heavy atom. The molecule has 0 bridgehead atoms. The lowest BCUT2D eigenvalue weighted by Gasteiger charge is -2.09. The molecular formula is C12H17NO3S. The summed E-state index contributed by atoms with van der Waals surface area (Å²) in [5.74, 6) is 1.05. The minimum absolute atomic E-state index is 0.409. The van der Waals surface area contributed by atoms with Gasteiger partial charge in [-0.3, -0.25) is 4.79 Å². The van der Waals surface area contributed by atoms with Crippen molar-refractivity contribution in [2.24, 2.45) is 5.73 Å². The van der Waals surface area contributed by atoms with E-state index in [1.54, 1.807) is 0 Å². The van der Waals surface area contributed by atoms with E-state index in [0.29, 0.717) is 12.4 Å². The van der Waals surface area contributed by atoms with Gasteiger partial charge in [0, 0.05) is 11.5 Å². The predicted molar refractivity (Wildman–Crippen MR) is 69.6 cm³/mol. The second-order valence-corrected chi connectivity index (χ2v) is 4.78. The highest BCUT2D eigenvalue weighted by Crippen LogP contribution is 2.16. The number of para-hydroxylation sites is 1. The number of benzene rings is 1. The smallest absolute Gasteiger partial charge is 0.321 e. The van der Waals surface area contributed by atoms with Crippen molar-refractivity contribution in [1.29, 1.82) is 0 Å². The number of hydrogen-bond acceptors (Lipinski definition) is 4. The first-order valence-corrected chi connectivity index (χ1v) is 6.51. The monoisotopic (exact) mass is 255 g/mol. The molecule has 94 valence electrons. The number of hydrogen-bond donors (Lipinski definition) is 2. The van der Waals surface area contributed by atoms with Crippen molar-refractivity contribution in [3.8, 4) is 5.75 Å². The van der Waals surface area contributed by atoms with Crippen molar-refractivity contribution in [2.75, 3.05) is 18.1 Å². The number of carboxylic acid groups (broad SMARTS) is 1. The van der Waals surface area contributed by atoms with Crippen LogP contribution in [0.3, 0.4) is 0 Å². The molecule has 0 spiro atoms. The van der Waals surface area contributed by atoms with Gasteiger partial charge in [-0.15, -0.1) is 0 Å². The minimum atomic E-state index is -0.961. The van der Waals surface area contributed by atoms with E-state index in [2.05, 4.69) is 0 Å². The highest BCUT2D eigenvalue weighted by atomic mass is 32.2. The Bertz CT molecular complexity index is 371. The second-order valence-electron chi connectivity index (χ2n) is 3.63. The van der Waals surface area contributed by atoms with E-state index in [4.69, 9.17) is 15.6 Å². The molecule has 1 atom stereocenters. The number of aryl methyl sites for hydroxylation is 1. The van der Waals surface area contributed by atoms with Crippen LogP contribution < -0.4 is 10.5 Å². The van der Waals surface area contributed by atoms with Crippen LogP contribution in [0.15, 0.2) is 24.3 Å². The van der Waals surface area contributed by atoms with Crippen LogP contribution in [0.4, 0.5) is 0 Å². The number of ether oxygens (including phenoxy) is 1. The van der Waals surface area contributed by atoms with Gasteiger partial charge in [-0.1, -0.05) is 18.2 Å². The maximum absolute atomic E-state index is 10.5. The molecule has 3 N–H and O–H groups in total. The molecule has 1 aromatic rings. The summed E-state index contributed by atoms with van der Waals surface area (Å²) in [6.45, 7) is 2.55. The fraction of sp³-hybridized carbons (Fsp3) is 0.417. The molecule has 17 heavy (non-hydrogen) atoms. The van der Waals surface area contributed by atoms with Crippen LogP contribution in [-0.4, -0.2) is 35.2 Å². The van der Waals surface area contributed by atoms with Crippen LogP contribution in [-0.2, 0) is 4.79 Å². The minimum Gasteiger partial charge on any atom is -0.492 e. The number of carbonyl (C=O) groups is 1. The molecule has 0 fully saturated rings. The SMILES string of the molecule is Cc1ccccc1OCCSC[C@H](N)C(=O)O. The molecule has 0 aliphatic heterocycles. The van der Waals surface area contributed by atoms with Crippen LogP contribution >= 0.6 is 11.8 Å². The van der Waals surface area contributed by atoms with Crippen molar-refractivity contribution in [3.05, 3.63) is 29.8 Å². The summed E-state index contributed by atoms with van der Waals surface area (Å²) in [6, 6.07) is 7.00. The van der Waals surface area contributed by atoms with Crippen molar-refractivity contribution in [3.63, 3.8) is 0 Å². The van der Waals surface area contributed by atoms with Crippen LogP contribution in [0, 0.1) is 6.92 Å². The molecular weight excluding hydrogens is 238 g/mol. The average molecular weight is 255 g/mol. The lowest BCUT2D eigenvalue weighted by Crippen LogP contribution is -2.32. The Morgan fingerprint density at radius 3 is 2.88 bits per heavy atom. The standard InChI is InChI=1S/C12H17NO3S/c1-9-4-2-3-5-11(9)16-6-7-17-8-10(13)12(14)15/h2-5,10H,6-8,13H2,1H3,(H,14,15)/t10-/m0/s1. The van der Waals surface area contributed by atoms with Gasteiger partial charge < -0.3 is 15.6 Å². The van der Waals surface area contributed by atoms with Gasteiger partial charge in [-0.2, -0.15) is 11.8 Å². The molecule has 0 heterocycles. The summed E-state index contributed by atoms with van der Waals surface area (Å²) < 4.78 is 5.57. The van der Waals surface area contributed by atoms with E-state index < -0.39 is 12.0 Å². The molecule has 4 nitrogen and oxygen atoms in total. The van der Waals surface area contributed by atoms with Crippen molar-refractivity contribution in [2.45, 2.75) is 13.0 Å². The molecule has 0 unspecified atom stereocenters. The summed E-state index contributed by atoms with van der Waals surface area (Å²) in [5, 5.41) is 8.58. The Balaban J connectivity index is 2.17. The molecule has 0 saturated carbocycles. The fourth-order valence-electron chi connectivity index (χ4n) is 1.21. The third-order valence-electron chi connectivity index (χ3n) is 2.19. The molecule has 1 rings (SSSR count). The van der Waals surface area contributed by atoms with Crippen molar-refractivity contribution >= 4 is 17.7 Å². The first-order chi connectivity index (χ1) is 8.11. The summed E-state index contributed by atoms with van der Waals surface area (Å²) in [7, 11) is 0. The Hall–Kier alpha value is -1.20. The zero-order valence-electron chi connectivity index (χ0n) is 9.76. The van der Waals surface area contributed by atoms with E-state index in [9.17, 15) is 4.79 Å². The first-order valence-electron chi connectivity index (χ1n) is 5.36. The van der Waals surface area contributed by atoms with Gasteiger partial charge in [0.15, 0.2) is 0 Å². The first kappa shape index (κ1) is 13.9. The van der Waals surface area contributed by atoms with Gasteiger partial charge in [0.1, 0.15) is 11.8 Å². The summed E-state index contributed by atoms with van der Waals surface area (Å²) in [5.41, 5.74) is 6.47. The topological polar surface area (TPSA) is 72.5 Å². The Kier molecular flexibility index (Phi) is 5.86. The molecule has 0 aliphatic rings. The lowest BCUT2D eigenvalue weighted by atomic mass is 10.2. The van der Waals surface area contributed by atoms with Gasteiger partial charge in [-0.05, 0) is 18.6 Å². The molecule has 0 aliphatic carbocycles. The molecule has 1 aromatic carbocycles. The predicted octanol–water partition coefficient (Wildman–Crippen LogP) is 1.52. The van der Waals surface area contributed by atoms with Crippen molar-refractivity contribution < 1.29 is 14.6 Å². The maximum Gasteiger partial charge on any atom is 0.321 e. The van der Waals surface area contributed by atoms with E-state index in [-0.39, 0.29) is 0 Å². The number of nitrogens with two attached hydrogens (primary N) is 1. The largest absolute Gasteiger partial charge is 0.492 e. The molecule has 5 heteroatoms. The summed E-state index contributed by atoms with van der Waals surface area (Å²) >= 11 is 1.48. The van der Waals surface area contributed by atoms with Crippen LogP contribution in [0.1, 0.15) is 5.56 Å². The van der Waals surface area contributed by atoms with Gasteiger partial charge in [-0.25, -0.2) is 0 Å². The molecule has 0 radical (unpaired) electrons. The highest BCUT2D eigenvalue weighted by molar-refractivity contribution is 7.99. The van der Waals surface area contributed by atoms with Gasteiger partial charge >= 0.3 is 5.97 Å². The second kappa shape index (κ2) is 7.19. The van der Waals surface area contributed by atoms with Gasteiger partial charge in [0.2, 0.25) is 0 Å². The maximum atomic E-state index is 10.5. The fourth-order valence-corrected chi connectivity index (χ4v) is 1.97. The van der Waals surface area contributed by atoms with E-state index in [1.165, 1.54) is 11.8 Å². The zero-order chi connectivity index (χ0) is 12.7. The molecule has 0 aromatic heterocycles. The number of rotatable bonds is 7. The highest BCUT2D eigenvalue weighted by Gasteiger charge is 2.10. The van der Waals surface area contributed by atoms with Crippen LogP contribution in [0.5, 0.6) is 5.75 Å². The van der Waals surface area contributed by atoms with Crippen LogP contribution in [0.25, 0.3) is 0 Å². The van der Waals surface area contributed by atoms with E-state index >= 15 is 0 Å².